The fraction of sp³-hybridized carbons (Fsp3) is 0.417. The van der Waals surface area contributed by atoms with E-state index in [9.17, 15) is 4.79 Å². The lowest BCUT2D eigenvalue weighted by molar-refractivity contribution is 0.171. The van der Waals surface area contributed by atoms with Gasteiger partial charge in [-0.1, -0.05) is 30.3 Å². The highest BCUT2D eigenvalue weighted by Crippen LogP contribution is 1.96. The maximum absolute atomic E-state index is 11.4. The third kappa shape index (κ3) is 4.79. The average molecular weight is 222 g/mol. The van der Waals surface area contributed by atoms with Crippen molar-refractivity contribution in [3.63, 3.8) is 0 Å². The molecule has 1 rings (SSSR count). The van der Waals surface area contributed by atoms with Crippen LogP contribution in [0.3, 0.4) is 0 Å². The van der Waals surface area contributed by atoms with Crippen LogP contribution in [0.15, 0.2) is 30.3 Å². The molecule has 4 heteroatoms. The minimum Gasteiger partial charge on any atom is -0.383 e. The van der Waals surface area contributed by atoms with Gasteiger partial charge in [-0.25, -0.2) is 4.79 Å². The van der Waals surface area contributed by atoms with Crippen LogP contribution in [0.4, 0.5) is 4.79 Å². The molecule has 0 spiro atoms. The Kier molecular flexibility index (Phi) is 5.36. The van der Waals surface area contributed by atoms with Crippen LogP contribution < -0.4 is 10.6 Å². The summed E-state index contributed by atoms with van der Waals surface area (Å²) in [5, 5.41) is 5.56. The molecule has 16 heavy (non-hydrogen) atoms. The van der Waals surface area contributed by atoms with E-state index in [1.165, 1.54) is 0 Å². The molecule has 0 bridgehead atoms. The standard InChI is InChI=1S/C12H18N2O2/c1-10(9-16-2)14-12(15)13-8-11-6-4-3-5-7-11/h3-7,10H,8-9H2,1-2H3,(H2,13,14,15). The number of ether oxygens (including phenoxy) is 1. The lowest BCUT2D eigenvalue weighted by Gasteiger charge is -2.13. The van der Waals surface area contributed by atoms with E-state index in [4.69, 9.17) is 4.74 Å². The van der Waals surface area contributed by atoms with E-state index in [1.54, 1.807) is 7.11 Å². The number of methoxy groups -OCH3 is 1. The Morgan fingerprint density at radius 2 is 2.06 bits per heavy atom. The molecular formula is C12H18N2O2. The Morgan fingerprint density at radius 1 is 1.38 bits per heavy atom. The minimum absolute atomic E-state index is 0.0146. The fourth-order valence-electron chi connectivity index (χ4n) is 1.34. The third-order valence-electron chi connectivity index (χ3n) is 2.09. The van der Waals surface area contributed by atoms with Gasteiger partial charge in [0.25, 0.3) is 0 Å². The number of hydrogen-bond donors (Lipinski definition) is 2. The maximum Gasteiger partial charge on any atom is 0.315 e. The minimum atomic E-state index is -0.173. The monoisotopic (exact) mass is 222 g/mol. The molecule has 1 atom stereocenters. The molecule has 0 aliphatic heterocycles. The van der Waals surface area contributed by atoms with Crippen molar-refractivity contribution >= 4 is 6.03 Å². The van der Waals surface area contributed by atoms with Gasteiger partial charge >= 0.3 is 6.03 Å². The summed E-state index contributed by atoms with van der Waals surface area (Å²) in [7, 11) is 1.61. The molecule has 0 fully saturated rings. The number of rotatable bonds is 5. The molecule has 88 valence electrons. The van der Waals surface area contributed by atoms with E-state index in [1.807, 2.05) is 37.3 Å². The number of urea groups is 1. The van der Waals surface area contributed by atoms with Crippen LogP contribution in [0.5, 0.6) is 0 Å². The van der Waals surface area contributed by atoms with E-state index in [0.29, 0.717) is 13.2 Å². The van der Waals surface area contributed by atoms with Gasteiger partial charge in [0.1, 0.15) is 0 Å². The smallest absolute Gasteiger partial charge is 0.315 e. The second-order valence-electron chi connectivity index (χ2n) is 3.67. The molecule has 1 aromatic carbocycles. The van der Waals surface area contributed by atoms with E-state index < -0.39 is 0 Å². The average Bonchev–Trinajstić information content (AvgIpc) is 2.28. The van der Waals surface area contributed by atoms with Crippen LogP contribution in [0.25, 0.3) is 0 Å². The van der Waals surface area contributed by atoms with Gasteiger partial charge in [-0.2, -0.15) is 0 Å². The topological polar surface area (TPSA) is 50.4 Å². The molecule has 0 aromatic heterocycles. The van der Waals surface area contributed by atoms with Gasteiger partial charge in [-0.05, 0) is 12.5 Å². The number of carbonyl (C=O) groups is 1. The first kappa shape index (κ1) is 12.5. The Labute approximate surface area is 96.0 Å². The predicted molar refractivity (Wildman–Crippen MR) is 63.2 cm³/mol. The van der Waals surface area contributed by atoms with Crippen LogP contribution in [-0.4, -0.2) is 25.8 Å². The Bertz CT molecular complexity index is 314. The summed E-state index contributed by atoms with van der Waals surface area (Å²) in [6.07, 6.45) is 0. The van der Waals surface area contributed by atoms with E-state index in [0.717, 1.165) is 5.56 Å². The summed E-state index contributed by atoms with van der Waals surface area (Å²) < 4.78 is 4.92. The summed E-state index contributed by atoms with van der Waals surface area (Å²) >= 11 is 0. The first-order valence-corrected chi connectivity index (χ1v) is 5.29. The summed E-state index contributed by atoms with van der Waals surface area (Å²) in [4.78, 5) is 11.4. The first-order valence-electron chi connectivity index (χ1n) is 5.29. The molecule has 1 aromatic rings. The first-order chi connectivity index (χ1) is 7.72. The molecule has 0 aliphatic carbocycles. The highest BCUT2D eigenvalue weighted by molar-refractivity contribution is 5.74. The number of carbonyl (C=O) groups excluding carboxylic acids is 1. The molecule has 2 N–H and O–H groups in total. The largest absolute Gasteiger partial charge is 0.383 e. The number of hydrogen-bond acceptors (Lipinski definition) is 2. The lowest BCUT2D eigenvalue weighted by Crippen LogP contribution is -2.42. The quantitative estimate of drug-likeness (QED) is 0.793. The van der Waals surface area contributed by atoms with Crippen molar-refractivity contribution in [3.05, 3.63) is 35.9 Å². The zero-order chi connectivity index (χ0) is 11.8. The van der Waals surface area contributed by atoms with Crippen molar-refractivity contribution in [1.82, 2.24) is 10.6 Å². The van der Waals surface area contributed by atoms with E-state index in [-0.39, 0.29) is 12.1 Å². The van der Waals surface area contributed by atoms with Crippen molar-refractivity contribution in [3.8, 4) is 0 Å². The molecule has 0 saturated heterocycles. The Balaban J connectivity index is 2.25. The Morgan fingerprint density at radius 3 is 2.69 bits per heavy atom. The third-order valence-corrected chi connectivity index (χ3v) is 2.09. The van der Waals surface area contributed by atoms with Crippen molar-refractivity contribution in [2.24, 2.45) is 0 Å². The highest BCUT2D eigenvalue weighted by atomic mass is 16.5. The summed E-state index contributed by atoms with van der Waals surface area (Å²) in [6.45, 7) is 2.94. The number of benzene rings is 1. The van der Waals surface area contributed by atoms with Gasteiger partial charge in [-0.3, -0.25) is 0 Å². The summed E-state index contributed by atoms with van der Waals surface area (Å²) in [5.41, 5.74) is 1.08. The zero-order valence-corrected chi connectivity index (χ0v) is 9.69. The van der Waals surface area contributed by atoms with Gasteiger partial charge < -0.3 is 15.4 Å². The molecule has 1 unspecified atom stereocenters. The predicted octanol–water partition coefficient (Wildman–Crippen LogP) is 1.52. The zero-order valence-electron chi connectivity index (χ0n) is 9.69. The normalized spacial score (nSPS) is 11.9. The Hall–Kier alpha value is -1.55. The van der Waals surface area contributed by atoms with Crippen molar-refractivity contribution < 1.29 is 9.53 Å². The van der Waals surface area contributed by atoms with Crippen LogP contribution in [0.2, 0.25) is 0 Å². The van der Waals surface area contributed by atoms with Crippen LogP contribution in [0.1, 0.15) is 12.5 Å². The van der Waals surface area contributed by atoms with E-state index >= 15 is 0 Å². The number of nitrogens with one attached hydrogen (secondary N) is 2. The van der Waals surface area contributed by atoms with Crippen LogP contribution in [0, 0.1) is 0 Å². The van der Waals surface area contributed by atoms with Crippen LogP contribution in [-0.2, 0) is 11.3 Å². The number of amides is 2. The maximum atomic E-state index is 11.4. The molecule has 0 saturated carbocycles. The van der Waals surface area contributed by atoms with Crippen molar-refractivity contribution in [2.45, 2.75) is 19.5 Å². The molecular weight excluding hydrogens is 204 g/mol. The SMILES string of the molecule is COCC(C)NC(=O)NCc1ccccc1. The summed E-state index contributed by atoms with van der Waals surface area (Å²) in [6, 6.07) is 9.63. The molecule has 0 heterocycles. The molecule has 0 radical (unpaired) electrons. The van der Waals surface area contributed by atoms with Crippen molar-refractivity contribution in [1.29, 1.82) is 0 Å². The highest BCUT2D eigenvalue weighted by Gasteiger charge is 2.05. The van der Waals surface area contributed by atoms with E-state index in [2.05, 4.69) is 10.6 Å². The van der Waals surface area contributed by atoms with Gasteiger partial charge in [0, 0.05) is 13.7 Å². The molecule has 0 aliphatic rings. The second kappa shape index (κ2) is 6.85. The van der Waals surface area contributed by atoms with Gasteiger partial charge in [0.15, 0.2) is 0 Å². The van der Waals surface area contributed by atoms with Gasteiger partial charge in [-0.15, -0.1) is 0 Å². The van der Waals surface area contributed by atoms with Crippen LogP contribution >= 0.6 is 0 Å². The molecule has 4 nitrogen and oxygen atoms in total. The fourth-order valence-corrected chi connectivity index (χ4v) is 1.34. The molecule has 2 amide bonds. The summed E-state index contributed by atoms with van der Waals surface area (Å²) in [5.74, 6) is 0. The van der Waals surface area contributed by atoms with Crippen molar-refractivity contribution in [2.75, 3.05) is 13.7 Å². The van der Waals surface area contributed by atoms with Gasteiger partial charge in [0.05, 0.1) is 12.6 Å². The lowest BCUT2D eigenvalue weighted by atomic mass is 10.2. The van der Waals surface area contributed by atoms with Gasteiger partial charge in [0.2, 0.25) is 0 Å². The second-order valence-corrected chi connectivity index (χ2v) is 3.67.